The van der Waals surface area contributed by atoms with E-state index in [-0.39, 0.29) is 16.8 Å². The molecule has 1 heterocycles. The quantitative estimate of drug-likeness (QED) is 0.667. The van der Waals surface area contributed by atoms with Crippen LogP contribution in [0.3, 0.4) is 0 Å². The third kappa shape index (κ3) is 5.11. The van der Waals surface area contributed by atoms with Crippen molar-refractivity contribution in [3.63, 3.8) is 0 Å². The first-order valence-corrected chi connectivity index (χ1v) is 11.6. The van der Waals surface area contributed by atoms with Crippen LogP contribution < -0.4 is 19.5 Å². The van der Waals surface area contributed by atoms with Crippen LogP contribution in [0.4, 0.5) is 0 Å². The van der Waals surface area contributed by atoms with E-state index in [4.69, 9.17) is 14.2 Å². The molecule has 0 aromatic heterocycles. The molecule has 2 aromatic rings. The van der Waals surface area contributed by atoms with Crippen LogP contribution in [0.25, 0.3) is 0 Å². The van der Waals surface area contributed by atoms with Gasteiger partial charge < -0.3 is 19.5 Å². The van der Waals surface area contributed by atoms with Crippen molar-refractivity contribution in [3.05, 3.63) is 48.0 Å². The third-order valence-corrected chi connectivity index (χ3v) is 7.13. The molecule has 0 spiro atoms. The number of sulfonamides is 1. The van der Waals surface area contributed by atoms with E-state index >= 15 is 0 Å². The van der Waals surface area contributed by atoms with Crippen molar-refractivity contribution in [1.82, 2.24) is 9.62 Å². The van der Waals surface area contributed by atoms with E-state index in [2.05, 4.69) is 5.32 Å². The molecule has 9 heteroatoms. The largest absolute Gasteiger partial charge is 0.496 e. The minimum Gasteiger partial charge on any atom is -0.496 e. The van der Waals surface area contributed by atoms with Gasteiger partial charge in [0.2, 0.25) is 10.0 Å². The Morgan fingerprint density at radius 2 is 1.61 bits per heavy atom. The summed E-state index contributed by atoms with van der Waals surface area (Å²) in [6.07, 6.45) is 1.03. The molecule has 0 bridgehead atoms. The van der Waals surface area contributed by atoms with E-state index < -0.39 is 10.0 Å². The summed E-state index contributed by atoms with van der Waals surface area (Å²) in [5.41, 5.74) is 0.330. The molecule has 0 saturated carbocycles. The second-order valence-electron chi connectivity index (χ2n) is 7.09. The molecule has 0 unspecified atom stereocenters. The van der Waals surface area contributed by atoms with Gasteiger partial charge in [-0.25, -0.2) is 8.42 Å². The highest BCUT2D eigenvalue weighted by Crippen LogP contribution is 2.29. The molecule has 3 rings (SSSR count). The lowest BCUT2D eigenvalue weighted by atomic mass is 10.1. The summed E-state index contributed by atoms with van der Waals surface area (Å²) in [4.78, 5) is 13.1. The topological polar surface area (TPSA) is 94.2 Å². The van der Waals surface area contributed by atoms with Gasteiger partial charge in [0.25, 0.3) is 5.91 Å². The fourth-order valence-electron chi connectivity index (χ4n) is 3.60. The molecular formula is C22H28N2O6S. The van der Waals surface area contributed by atoms with Crippen LogP contribution in [0.5, 0.6) is 17.2 Å². The number of rotatable bonds is 8. The molecule has 31 heavy (non-hydrogen) atoms. The molecule has 1 amide bonds. The molecular weight excluding hydrogens is 420 g/mol. The van der Waals surface area contributed by atoms with E-state index in [1.54, 1.807) is 42.5 Å². The fraction of sp³-hybridized carbons (Fsp3) is 0.409. The van der Waals surface area contributed by atoms with Crippen molar-refractivity contribution < 1.29 is 27.4 Å². The minimum atomic E-state index is -3.59. The summed E-state index contributed by atoms with van der Waals surface area (Å²) in [5.74, 6) is 1.18. The van der Waals surface area contributed by atoms with Crippen LogP contribution in [0.2, 0.25) is 0 Å². The molecule has 1 saturated heterocycles. The van der Waals surface area contributed by atoms with Gasteiger partial charge in [-0.3, -0.25) is 4.79 Å². The normalized spacial score (nSPS) is 15.3. The molecule has 168 valence electrons. The maximum Gasteiger partial charge on any atom is 0.259 e. The number of benzene rings is 2. The molecule has 1 aliphatic rings. The second kappa shape index (κ2) is 10.0. The van der Waals surface area contributed by atoms with Gasteiger partial charge in [-0.15, -0.1) is 0 Å². The number of carbonyl (C=O) groups is 1. The molecule has 0 aliphatic carbocycles. The average molecular weight is 449 g/mol. The number of methoxy groups -OCH3 is 2. The highest BCUT2D eigenvalue weighted by atomic mass is 32.2. The Morgan fingerprint density at radius 3 is 2.13 bits per heavy atom. The van der Waals surface area contributed by atoms with E-state index in [1.807, 2.05) is 6.92 Å². The Labute approximate surface area is 183 Å². The van der Waals surface area contributed by atoms with Gasteiger partial charge in [0.05, 0.1) is 25.7 Å². The van der Waals surface area contributed by atoms with Gasteiger partial charge >= 0.3 is 0 Å². The zero-order valence-corrected chi connectivity index (χ0v) is 18.8. The van der Waals surface area contributed by atoms with E-state index in [0.717, 1.165) is 0 Å². The summed E-state index contributed by atoms with van der Waals surface area (Å²) < 4.78 is 43.3. The second-order valence-corrected chi connectivity index (χ2v) is 9.03. The predicted octanol–water partition coefficient (Wildman–Crippen LogP) is 2.69. The van der Waals surface area contributed by atoms with Crippen molar-refractivity contribution in [1.29, 1.82) is 0 Å². The zero-order valence-electron chi connectivity index (χ0n) is 18.0. The number of piperidine rings is 1. The molecule has 8 nitrogen and oxygen atoms in total. The number of hydrogen-bond donors (Lipinski definition) is 1. The number of amides is 1. The molecule has 1 aliphatic heterocycles. The first kappa shape index (κ1) is 22.9. The molecule has 1 N–H and O–H groups in total. The van der Waals surface area contributed by atoms with Gasteiger partial charge in [0.1, 0.15) is 22.8 Å². The number of carbonyl (C=O) groups excluding carboxylic acids is 1. The van der Waals surface area contributed by atoms with Crippen LogP contribution in [0.1, 0.15) is 30.1 Å². The highest BCUT2D eigenvalue weighted by molar-refractivity contribution is 7.89. The van der Waals surface area contributed by atoms with Crippen molar-refractivity contribution in [2.75, 3.05) is 33.9 Å². The number of nitrogens with zero attached hydrogens (tertiary/aromatic N) is 1. The number of ether oxygens (including phenoxy) is 3. The predicted molar refractivity (Wildman–Crippen MR) is 116 cm³/mol. The van der Waals surface area contributed by atoms with Crippen molar-refractivity contribution >= 4 is 15.9 Å². The standard InChI is InChI=1S/C22H28N2O6S/c1-4-30-17-8-10-18(11-9-17)31(26,27)24-14-12-16(13-15-24)23-22(25)21-19(28-2)6-5-7-20(21)29-3/h5-11,16H,4,12-15H2,1-3H3,(H,23,25). The van der Waals surface area contributed by atoms with E-state index in [9.17, 15) is 13.2 Å². The maximum absolute atomic E-state index is 12.9. The Kier molecular flexibility index (Phi) is 7.40. The Hall–Kier alpha value is -2.78. The lowest BCUT2D eigenvalue weighted by Crippen LogP contribution is -2.46. The zero-order chi connectivity index (χ0) is 22.4. The van der Waals surface area contributed by atoms with Crippen molar-refractivity contribution in [2.45, 2.75) is 30.7 Å². The van der Waals surface area contributed by atoms with Gasteiger partial charge in [-0.1, -0.05) is 6.07 Å². The average Bonchev–Trinajstić information content (AvgIpc) is 2.79. The van der Waals surface area contributed by atoms with Gasteiger partial charge in [0, 0.05) is 19.1 Å². The summed E-state index contributed by atoms with van der Waals surface area (Å²) in [6, 6.07) is 11.4. The van der Waals surface area contributed by atoms with E-state index in [0.29, 0.717) is 55.4 Å². The van der Waals surface area contributed by atoms with Crippen molar-refractivity contribution in [2.24, 2.45) is 0 Å². The van der Waals surface area contributed by atoms with Gasteiger partial charge in [-0.2, -0.15) is 4.31 Å². The molecule has 0 radical (unpaired) electrons. The molecule has 1 fully saturated rings. The number of hydrogen-bond acceptors (Lipinski definition) is 6. The Bertz CT molecular complexity index is 977. The first-order chi connectivity index (χ1) is 14.9. The van der Waals surface area contributed by atoms with Crippen LogP contribution in [0.15, 0.2) is 47.4 Å². The van der Waals surface area contributed by atoms with Gasteiger partial charge in [0.15, 0.2) is 0 Å². The van der Waals surface area contributed by atoms with Crippen LogP contribution in [-0.2, 0) is 10.0 Å². The summed E-state index contributed by atoms with van der Waals surface area (Å²) in [7, 11) is -0.602. The van der Waals surface area contributed by atoms with E-state index in [1.165, 1.54) is 18.5 Å². The third-order valence-electron chi connectivity index (χ3n) is 5.22. The summed E-state index contributed by atoms with van der Waals surface area (Å²) in [5, 5.41) is 2.98. The van der Waals surface area contributed by atoms with Crippen molar-refractivity contribution in [3.8, 4) is 17.2 Å². The highest BCUT2D eigenvalue weighted by Gasteiger charge is 2.31. The lowest BCUT2D eigenvalue weighted by molar-refractivity contribution is 0.0917. The number of nitrogens with one attached hydrogen (secondary N) is 1. The SMILES string of the molecule is CCOc1ccc(S(=O)(=O)N2CCC(NC(=O)c3c(OC)cccc3OC)CC2)cc1. The summed E-state index contributed by atoms with van der Waals surface area (Å²) in [6.45, 7) is 3.04. The van der Waals surface area contributed by atoms with Crippen LogP contribution in [0, 0.1) is 0 Å². The monoisotopic (exact) mass is 448 g/mol. The Balaban J connectivity index is 1.64. The maximum atomic E-state index is 12.9. The minimum absolute atomic E-state index is 0.145. The summed E-state index contributed by atoms with van der Waals surface area (Å²) >= 11 is 0. The molecule has 0 atom stereocenters. The van der Waals surface area contributed by atoms with Crippen LogP contribution >= 0.6 is 0 Å². The lowest BCUT2D eigenvalue weighted by Gasteiger charge is -2.31. The fourth-order valence-corrected chi connectivity index (χ4v) is 5.07. The van der Waals surface area contributed by atoms with Crippen LogP contribution in [-0.4, -0.2) is 58.6 Å². The van der Waals surface area contributed by atoms with Gasteiger partial charge in [-0.05, 0) is 56.2 Å². The Morgan fingerprint density at radius 1 is 1.03 bits per heavy atom. The molecule has 2 aromatic carbocycles. The smallest absolute Gasteiger partial charge is 0.259 e. The first-order valence-electron chi connectivity index (χ1n) is 10.2.